The van der Waals surface area contributed by atoms with E-state index in [1.165, 1.54) is 41.3 Å². The average Bonchev–Trinajstić information content (AvgIpc) is 2.88. The molecule has 0 atom stereocenters. The van der Waals surface area contributed by atoms with Crippen LogP contribution in [0.2, 0.25) is 0 Å². The third-order valence-electron chi connectivity index (χ3n) is 3.40. The zero-order valence-corrected chi connectivity index (χ0v) is 12.4. The molecule has 1 fully saturated rings. The van der Waals surface area contributed by atoms with E-state index in [0.29, 0.717) is 0 Å². The lowest BCUT2D eigenvalue weighted by atomic mass is 10.2. The van der Waals surface area contributed by atoms with Crippen LogP contribution in [0.1, 0.15) is 48.2 Å². The molecule has 17 heavy (non-hydrogen) atoms. The maximum atomic E-state index is 4.67. The smallest absolute Gasteiger partial charge is 0.0943 e. The van der Waals surface area contributed by atoms with Crippen LogP contribution in [-0.2, 0) is 12.8 Å². The van der Waals surface area contributed by atoms with Gasteiger partial charge in [-0.2, -0.15) is 0 Å². The number of nitrogens with one attached hydrogen (secondary N) is 1. The van der Waals surface area contributed by atoms with Gasteiger partial charge in [0.1, 0.15) is 0 Å². The molecule has 0 aromatic carbocycles. The van der Waals surface area contributed by atoms with Crippen molar-refractivity contribution < 1.29 is 0 Å². The van der Waals surface area contributed by atoms with Gasteiger partial charge in [-0.25, -0.2) is 4.98 Å². The van der Waals surface area contributed by atoms with Crippen molar-refractivity contribution in [2.75, 3.05) is 6.54 Å². The van der Waals surface area contributed by atoms with Gasteiger partial charge in [0.2, 0.25) is 0 Å². The highest BCUT2D eigenvalue weighted by atomic mass is 35.5. The topological polar surface area (TPSA) is 24.9 Å². The summed E-state index contributed by atoms with van der Waals surface area (Å²) in [4.78, 5) is 6.07. The first-order valence-electron chi connectivity index (χ1n) is 6.48. The molecule has 2 nitrogen and oxygen atoms in total. The Balaban J connectivity index is 0.00000144. The van der Waals surface area contributed by atoms with Crippen molar-refractivity contribution in [3.8, 4) is 0 Å². The molecule has 1 aliphatic rings. The summed E-state index contributed by atoms with van der Waals surface area (Å²) in [5.41, 5.74) is 1.29. The van der Waals surface area contributed by atoms with Crippen molar-refractivity contribution in [1.82, 2.24) is 10.3 Å². The summed E-state index contributed by atoms with van der Waals surface area (Å²) in [5.74, 6) is 0. The van der Waals surface area contributed by atoms with E-state index in [9.17, 15) is 0 Å². The van der Waals surface area contributed by atoms with Crippen molar-refractivity contribution in [2.45, 2.75) is 58.4 Å². The fraction of sp³-hybridized carbons (Fsp3) is 0.769. The van der Waals surface area contributed by atoms with E-state index in [1.807, 2.05) is 11.3 Å². The number of aryl methyl sites for hydroxylation is 2. The first-order valence-corrected chi connectivity index (χ1v) is 7.29. The third-order valence-corrected chi connectivity index (χ3v) is 4.47. The van der Waals surface area contributed by atoms with Crippen LogP contribution in [0, 0.1) is 6.92 Å². The van der Waals surface area contributed by atoms with E-state index in [4.69, 9.17) is 0 Å². The van der Waals surface area contributed by atoms with Gasteiger partial charge in [-0.1, -0.05) is 19.8 Å². The molecule has 0 unspecified atom stereocenters. The first kappa shape index (κ1) is 14.9. The Labute approximate surface area is 115 Å². The number of hydrogen-bond acceptors (Lipinski definition) is 3. The van der Waals surface area contributed by atoms with Crippen LogP contribution in [0.25, 0.3) is 0 Å². The zero-order chi connectivity index (χ0) is 11.4. The molecule has 1 aliphatic carbocycles. The molecular weight excluding hydrogens is 252 g/mol. The molecule has 0 saturated heterocycles. The maximum Gasteiger partial charge on any atom is 0.0943 e. The van der Waals surface area contributed by atoms with Crippen molar-refractivity contribution in [3.05, 3.63) is 15.6 Å². The molecule has 0 spiro atoms. The van der Waals surface area contributed by atoms with Gasteiger partial charge >= 0.3 is 0 Å². The van der Waals surface area contributed by atoms with Gasteiger partial charge in [-0.15, -0.1) is 23.7 Å². The predicted molar refractivity (Wildman–Crippen MR) is 77.4 cm³/mol. The average molecular weight is 275 g/mol. The number of rotatable bonds is 5. The molecule has 1 N–H and O–H groups in total. The van der Waals surface area contributed by atoms with E-state index >= 15 is 0 Å². The molecule has 2 rings (SSSR count). The third kappa shape index (κ3) is 4.23. The Morgan fingerprint density at radius 1 is 1.35 bits per heavy atom. The van der Waals surface area contributed by atoms with Crippen LogP contribution in [-0.4, -0.2) is 17.6 Å². The molecule has 98 valence electrons. The molecule has 1 aromatic rings. The van der Waals surface area contributed by atoms with E-state index in [0.717, 1.165) is 25.4 Å². The summed E-state index contributed by atoms with van der Waals surface area (Å²) in [7, 11) is 0. The Kier molecular flexibility index (Phi) is 6.45. The second kappa shape index (κ2) is 7.34. The molecule has 0 radical (unpaired) electrons. The highest BCUT2D eigenvalue weighted by molar-refractivity contribution is 7.11. The molecule has 1 aromatic heterocycles. The van der Waals surface area contributed by atoms with Crippen molar-refractivity contribution in [1.29, 1.82) is 0 Å². The SMILES string of the molecule is CCc1nc(CCNC2CCCC2)sc1C.Cl. The lowest BCUT2D eigenvalue weighted by Crippen LogP contribution is -2.27. The second-order valence-corrected chi connectivity index (χ2v) is 5.94. The number of hydrogen-bond donors (Lipinski definition) is 1. The Bertz CT molecular complexity index is 332. The molecule has 0 amide bonds. The molecule has 0 aliphatic heterocycles. The van der Waals surface area contributed by atoms with Crippen LogP contribution < -0.4 is 5.32 Å². The minimum Gasteiger partial charge on any atom is -0.314 e. The minimum atomic E-state index is 0. The Morgan fingerprint density at radius 2 is 2.06 bits per heavy atom. The summed E-state index contributed by atoms with van der Waals surface area (Å²) in [5, 5.41) is 4.95. The minimum absolute atomic E-state index is 0. The Hall–Kier alpha value is -0.120. The Morgan fingerprint density at radius 3 is 2.65 bits per heavy atom. The molecule has 0 bridgehead atoms. The van der Waals surface area contributed by atoms with Crippen LogP contribution >= 0.6 is 23.7 Å². The van der Waals surface area contributed by atoms with Gasteiger partial charge in [-0.05, 0) is 26.2 Å². The summed E-state index contributed by atoms with van der Waals surface area (Å²) >= 11 is 1.87. The van der Waals surface area contributed by atoms with Crippen molar-refractivity contribution >= 4 is 23.7 Å². The summed E-state index contributed by atoms with van der Waals surface area (Å²) in [6.45, 7) is 5.47. The van der Waals surface area contributed by atoms with E-state index in [1.54, 1.807) is 0 Å². The molecule has 4 heteroatoms. The normalized spacial score (nSPS) is 16.1. The second-order valence-electron chi connectivity index (χ2n) is 4.65. The number of thiazole rings is 1. The zero-order valence-electron chi connectivity index (χ0n) is 10.8. The highest BCUT2D eigenvalue weighted by Gasteiger charge is 2.14. The van der Waals surface area contributed by atoms with Gasteiger partial charge in [0.15, 0.2) is 0 Å². The number of nitrogens with zero attached hydrogens (tertiary/aromatic N) is 1. The number of halogens is 1. The molecule has 1 saturated carbocycles. The standard InChI is InChI=1S/C13H22N2S.ClH/c1-3-12-10(2)16-13(15-12)8-9-14-11-6-4-5-7-11;/h11,14H,3-9H2,1-2H3;1H. The van der Waals surface area contributed by atoms with Gasteiger partial charge in [0, 0.05) is 23.9 Å². The van der Waals surface area contributed by atoms with Crippen molar-refractivity contribution in [3.63, 3.8) is 0 Å². The van der Waals surface area contributed by atoms with Crippen molar-refractivity contribution in [2.24, 2.45) is 0 Å². The summed E-state index contributed by atoms with van der Waals surface area (Å²) in [6, 6.07) is 0.784. The lowest BCUT2D eigenvalue weighted by Gasteiger charge is -2.10. The van der Waals surface area contributed by atoms with Crippen LogP contribution in [0.15, 0.2) is 0 Å². The maximum absolute atomic E-state index is 4.67. The van der Waals surface area contributed by atoms with Gasteiger partial charge in [0.05, 0.1) is 10.7 Å². The lowest BCUT2D eigenvalue weighted by molar-refractivity contribution is 0.527. The quantitative estimate of drug-likeness (QED) is 0.889. The fourth-order valence-electron chi connectivity index (χ4n) is 2.44. The monoisotopic (exact) mass is 274 g/mol. The van der Waals surface area contributed by atoms with Gasteiger partial charge in [0.25, 0.3) is 0 Å². The van der Waals surface area contributed by atoms with Crippen LogP contribution in [0.4, 0.5) is 0 Å². The first-order chi connectivity index (χ1) is 7.79. The largest absolute Gasteiger partial charge is 0.314 e. The van der Waals surface area contributed by atoms with E-state index < -0.39 is 0 Å². The van der Waals surface area contributed by atoms with E-state index in [-0.39, 0.29) is 12.4 Å². The highest BCUT2D eigenvalue weighted by Crippen LogP contribution is 2.19. The van der Waals surface area contributed by atoms with Gasteiger partial charge in [-0.3, -0.25) is 0 Å². The molecular formula is C13H23ClN2S. The van der Waals surface area contributed by atoms with Crippen LogP contribution in [0.5, 0.6) is 0 Å². The van der Waals surface area contributed by atoms with E-state index in [2.05, 4.69) is 24.1 Å². The van der Waals surface area contributed by atoms with Crippen LogP contribution in [0.3, 0.4) is 0 Å². The van der Waals surface area contributed by atoms with Gasteiger partial charge < -0.3 is 5.32 Å². The molecule has 1 heterocycles. The predicted octanol–water partition coefficient (Wildman–Crippen LogP) is 3.51. The summed E-state index contributed by atoms with van der Waals surface area (Å²) < 4.78 is 0. The summed E-state index contributed by atoms with van der Waals surface area (Å²) in [6.07, 6.45) is 7.73. The number of aromatic nitrogens is 1. The fourth-order valence-corrected chi connectivity index (χ4v) is 3.46.